The maximum absolute atomic E-state index is 12.0. The van der Waals surface area contributed by atoms with Gasteiger partial charge in [-0.1, -0.05) is 18.2 Å². The largest absolute Gasteiger partial charge is 0.271 e. The highest BCUT2D eigenvalue weighted by molar-refractivity contribution is 7.14. The predicted molar refractivity (Wildman–Crippen MR) is 79.9 cm³/mol. The lowest BCUT2D eigenvalue weighted by Gasteiger charge is -2.04. The fourth-order valence-electron chi connectivity index (χ4n) is 1.71. The summed E-state index contributed by atoms with van der Waals surface area (Å²) in [5.74, 6) is -0.175. The number of hydrazone groups is 1. The Morgan fingerprint density at radius 2 is 1.89 bits per heavy atom. The summed E-state index contributed by atoms with van der Waals surface area (Å²) >= 11 is 1.66. The Morgan fingerprint density at radius 1 is 1.16 bits per heavy atom. The van der Waals surface area contributed by atoms with Gasteiger partial charge >= 0.3 is 0 Å². The fraction of sp³-hybridized carbons (Fsp3) is 0.200. The average molecular weight is 272 g/mol. The number of carbonyl (C=O) groups is 1. The molecule has 0 aliphatic heterocycles. The minimum Gasteiger partial charge on any atom is -0.267 e. The number of hydrogen-bond donors (Lipinski definition) is 1. The van der Waals surface area contributed by atoms with Crippen molar-refractivity contribution in [3.63, 3.8) is 0 Å². The van der Waals surface area contributed by atoms with Gasteiger partial charge in [-0.05, 0) is 44.5 Å². The van der Waals surface area contributed by atoms with Crippen LogP contribution in [0.3, 0.4) is 0 Å². The van der Waals surface area contributed by atoms with Gasteiger partial charge in [0.25, 0.3) is 5.91 Å². The summed E-state index contributed by atoms with van der Waals surface area (Å²) in [5.41, 5.74) is 5.02. The van der Waals surface area contributed by atoms with Crippen molar-refractivity contribution in [1.29, 1.82) is 0 Å². The molecule has 0 saturated heterocycles. The van der Waals surface area contributed by atoms with Gasteiger partial charge in [0, 0.05) is 10.4 Å². The Balaban J connectivity index is 2.10. The van der Waals surface area contributed by atoms with Crippen LogP contribution in [0.2, 0.25) is 0 Å². The Bertz CT molecular complexity index is 629. The SMILES string of the molecule is CC(=NNC(=O)c1ccccc1C)c1ccc(C)s1. The molecule has 0 radical (unpaired) electrons. The van der Waals surface area contributed by atoms with Gasteiger partial charge in [0.05, 0.1) is 10.6 Å². The number of aryl methyl sites for hydroxylation is 2. The molecular weight excluding hydrogens is 256 g/mol. The molecule has 0 aliphatic rings. The molecular formula is C15H16N2OS. The second-order valence-corrected chi connectivity index (χ2v) is 5.65. The van der Waals surface area contributed by atoms with Crippen LogP contribution in [0.1, 0.15) is 32.6 Å². The molecule has 0 fully saturated rings. The van der Waals surface area contributed by atoms with E-state index in [4.69, 9.17) is 0 Å². The van der Waals surface area contributed by atoms with Crippen molar-refractivity contribution in [1.82, 2.24) is 5.43 Å². The molecule has 0 aliphatic carbocycles. The maximum Gasteiger partial charge on any atom is 0.271 e. The quantitative estimate of drug-likeness (QED) is 0.674. The molecule has 1 amide bonds. The minimum atomic E-state index is -0.175. The summed E-state index contributed by atoms with van der Waals surface area (Å²) in [4.78, 5) is 14.3. The van der Waals surface area contributed by atoms with Gasteiger partial charge in [0.2, 0.25) is 0 Å². The van der Waals surface area contributed by atoms with Gasteiger partial charge in [0.1, 0.15) is 0 Å². The van der Waals surface area contributed by atoms with Gasteiger partial charge < -0.3 is 0 Å². The third-order valence-corrected chi connectivity index (χ3v) is 3.92. The lowest BCUT2D eigenvalue weighted by molar-refractivity contribution is 0.0954. The van der Waals surface area contributed by atoms with E-state index in [-0.39, 0.29) is 5.91 Å². The molecule has 0 bridgehead atoms. The van der Waals surface area contributed by atoms with Gasteiger partial charge in [0.15, 0.2) is 0 Å². The fourth-order valence-corrected chi connectivity index (χ4v) is 2.52. The number of carbonyl (C=O) groups excluding carboxylic acids is 1. The summed E-state index contributed by atoms with van der Waals surface area (Å²) in [5, 5.41) is 4.15. The highest BCUT2D eigenvalue weighted by Gasteiger charge is 2.07. The summed E-state index contributed by atoms with van der Waals surface area (Å²) in [7, 11) is 0. The smallest absolute Gasteiger partial charge is 0.267 e. The van der Waals surface area contributed by atoms with Crippen molar-refractivity contribution in [3.8, 4) is 0 Å². The molecule has 19 heavy (non-hydrogen) atoms. The molecule has 1 aromatic carbocycles. The van der Waals surface area contributed by atoms with E-state index < -0.39 is 0 Å². The highest BCUT2D eigenvalue weighted by atomic mass is 32.1. The van der Waals surface area contributed by atoms with Crippen LogP contribution in [0.5, 0.6) is 0 Å². The van der Waals surface area contributed by atoms with Crippen LogP contribution in [0, 0.1) is 13.8 Å². The molecule has 2 rings (SSSR count). The predicted octanol–water partition coefficient (Wildman–Crippen LogP) is 3.52. The van der Waals surface area contributed by atoms with E-state index in [1.54, 1.807) is 17.4 Å². The van der Waals surface area contributed by atoms with E-state index >= 15 is 0 Å². The highest BCUT2D eigenvalue weighted by Crippen LogP contribution is 2.15. The van der Waals surface area contributed by atoms with E-state index in [0.717, 1.165) is 16.2 Å². The van der Waals surface area contributed by atoms with Gasteiger partial charge in [-0.25, -0.2) is 5.43 Å². The van der Waals surface area contributed by atoms with Gasteiger partial charge in [-0.3, -0.25) is 4.79 Å². The van der Waals surface area contributed by atoms with Crippen LogP contribution in [0.15, 0.2) is 41.5 Å². The molecule has 1 heterocycles. The Hall–Kier alpha value is -1.94. The number of benzene rings is 1. The monoisotopic (exact) mass is 272 g/mol. The summed E-state index contributed by atoms with van der Waals surface area (Å²) < 4.78 is 0. The van der Waals surface area contributed by atoms with Gasteiger partial charge in [-0.2, -0.15) is 5.10 Å². The summed E-state index contributed by atoms with van der Waals surface area (Å²) in [6, 6.07) is 11.5. The Labute approximate surface area is 117 Å². The second kappa shape index (κ2) is 5.80. The molecule has 0 unspecified atom stereocenters. The summed E-state index contributed by atoms with van der Waals surface area (Å²) in [6.45, 7) is 5.85. The number of thiophene rings is 1. The van der Waals surface area contributed by atoms with Crippen molar-refractivity contribution in [2.45, 2.75) is 20.8 Å². The number of nitrogens with zero attached hydrogens (tertiary/aromatic N) is 1. The zero-order chi connectivity index (χ0) is 13.8. The van der Waals surface area contributed by atoms with Crippen LogP contribution in [-0.4, -0.2) is 11.6 Å². The van der Waals surface area contributed by atoms with E-state index in [2.05, 4.69) is 10.5 Å². The molecule has 0 atom stereocenters. The molecule has 4 heteroatoms. The van der Waals surface area contributed by atoms with Crippen LogP contribution in [0.25, 0.3) is 0 Å². The first kappa shape index (κ1) is 13.5. The molecule has 0 spiro atoms. The zero-order valence-corrected chi connectivity index (χ0v) is 12.0. The number of nitrogens with one attached hydrogen (secondary N) is 1. The third-order valence-electron chi connectivity index (χ3n) is 2.81. The minimum absolute atomic E-state index is 0.175. The van der Waals surface area contributed by atoms with Crippen LogP contribution in [-0.2, 0) is 0 Å². The van der Waals surface area contributed by atoms with Crippen molar-refractivity contribution < 1.29 is 4.79 Å². The first-order valence-corrected chi connectivity index (χ1v) is 6.86. The molecule has 1 N–H and O–H groups in total. The van der Waals surface area contributed by atoms with Crippen molar-refractivity contribution >= 4 is 23.0 Å². The van der Waals surface area contributed by atoms with Crippen LogP contribution < -0.4 is 5.43 Å². The first-order chi connectivity index (χ1) is 9.08. The van der Waals surface area contributed by atoms with Crippen molar-refractivity contribution in [2.24, 2.45) is 5.10 Å². The lowest BCUT2D eigenvalue weighted by Crippen LogP contribution is -2.20. The first-order valence-electron chi connectivity index (χ1n) is 6.05. The standard InChI is InChI=1S/C15H16N2OS/c1-10-6-4-5-7-13(10)15(18)17-16-12(3)14-9-8-11(2)19-14/h4-9H,1-3H3,(H,17,18). The third kappa shape index (κ3) is 3.29. The second-order valence-electron chi connectivity index (χ2n) is 4.36. The molecule has 1 aromatic heterocycles. The lowest BCUT2D eigenvalue weighted by atomic mass is 10.1. The van der Waals surface area contributed by atoms with Crippen molar-refractivity contribution in [2.75, 3.05) is 0 Å². The topological polar surface area (TPSA) is 41.5 Å². The maximum atomic E-state index is 12.0. The number of rotatable bonds is 3. The zero-order valence-electron chi connectivity index (χ0n) is 11.2. The van der Waals surface area contributed by atoms with E-state index in [1.807, 2.05) is 51.1 Å². The Morgan fingerprint density at radius 3 is 2.53 bits per heavy atom. The van der Waals surface area contributed by atoms with E-state index in [9.17, 15) is 4.79 Å². The molecule has 3 nitrogen and oxygen atoms in total. The number of amides is 1. The molecule has 2 aromatic rings. The number of hydrogen-bond acceptors (Lipinski definition) is 3. The molecule has 98 valence electrons. The molecule has 0 saturated carbocycles. The Kier molecular flexibility index (Phi) is 4.12. The average Bonchev–Trinajstić information content (AvgIpc) is 2.83. The van der Waals surface area contributed by atoms with E-state index in [0.29, 0.717) is 5.56 Å². The van der Waals surface area contributed by atoms with Gasteiger partial charge in [-0.15, -0.1) is 11.3 Å². The van der Waals surface area contributed by atoms with Crippen molar-refractivity contribution in [3.05, 3.63) is 57.3 Å². The van der Waals surface area contributed by atoms with E-state index in [1.165, 1.54) is 4.88 Å². The summed E-state index contributed by atoms with van der Waals surface area (Å²) in [6.07, 6.45) is 0. The normalized spacial score (nSPS) is 11.4. The van der Waals surface area contributed by atoms with Crippen LogP contribution in [0.4, 0.5) is 0 Å². The van der Waals surface area contributed by atoms with Crippen LogP contribution >= 0.6 is 11.3 Å².